The Morgan fingerprint density at radius 3 is 2.29 bits per heavy atom. The van der Waals surface area contributed by atoms with Gasteiger partial charge < -0.3 is 10.2 Å². The minimum Gasteiger partial charge on any atom is -0.376 e. The molecular formula is C13H20N2OS. The molecule has 0 saturated carbocycles. The normalized spacial score (nSPS) is 10.1. The van der Waals surface area contributed by atoms with E-state index in [1.807, 2.05) is 37.1 Å². The highest BCUT2D eigenvalue weighted by Gasteiger charge is 2.08. The van der Waals surface area contributed by atoms with E-state index in [-0.39, 0.29) is 5.91 Å². The molecule has 0 saturated heterocycles. The highest BCUT2D eigenvalue weighted by Crippen LogP contribution is 2.17. The van der Waals surface area contributed by atoms with E-state index in [1.165, 1.54) is 4.90 Å². The number of nitrogens with one attached hydrogen (secondary N) is 1. The number of hydrogen-bond donors (Lipinski definition) is 1. The van der Waals surface area contributed by atoms with Gasteiger partial charge in [0, 0.05) is 23.7 Å². The van der Waals surface area contributed by atoms with E-state index in [1.54, 1.807) is 11.8 Å². The van der Waals surface area contributed by atoms with Gasteiger partial charge in [-0.1, -0.05) is 0 Å². The van der Waals surface area contributed by atoms with Crippen molar-refractivity contribution < 1.29 is 4.79 Å². The molecule has 1 amide bonds. The van der Waals surface area contributed by atoms with Crippen LogP contribution in [0.15, 0.2) is 29.2 Å². The molecule has 1 rings (SSSR count). The maximum atomic E-state index is 11.8. The molecule has 0 aromatic heterocycles. The Kier molecular flexibility index (Phi) is 5.91. The maximum Gasteiger partial charge on any atom is 0.241 e. The second-order valence-corrected chi connectivity index (χ2v) is 4.53. The average Bonchev–Trinajstić information content (AvgIpc) is 2.38. The van der Waals surface area contributed by atoms with E-state index in [0.29, 0.717) is 6.54 Å². The molecule has 0 atom stereocenters. The summed E-state index contributed by atoms with van der Waals surface area (Å²) in [7, 11) is 0. The van der Waals surface area contributed by atoms with E-state index in [9.17, 15) is 4.79 Å². The Morgan fingerprint density at radius 2 is 1.82 bits per heavy atom. The number of likely N-dealkylation sites (N-methyl/N-ethyl adjacent to an activating group) is 1. The number of carbonyl (C=O) groups is 1. The van der Waals surface area contributed by atoms with E-state index >= 15 is 0 Å². The molecule has 3 nitrogen and oxygen atoms in total. The zero-order valence-corrected chi connectivity index (χ0v) is 11.5. The van der Waals surface area contributed by atoms with Gasteiger partial charge in [0.15, 0.2) is 0 Å². The lowest BCUT2D eigenvalue weighted by Crippen LogP contribution is -2.35. The molecule has 1 aromatic rings. The third kappa shape index (κ3) is 4.30. The van der Waals surface area contributed by atoms with Crippen LogP contribution < -0.4 is 5.32 Å². The van der Waals surface area contributed by atoms with Crippen molar-refractivity contribution in [2.45, 2.75) is 18.7 Å². The lowest BCUT2D eigenvalue weighted by molar-refractivity contribution is -0.128. The third-order valence-electron chi connectivity index (χ3n) is 2.65. The number of thioether (sulfide) groups is 1. The lowest BCUT2D eigenvalue weighted by Gasteiger charge is -2.19. The smallest absolute Gasteiger partial charge is 0.241 e. The van der Waals surface area contributed by atoms with Gasteiger partial charge in [0.05, 0.1) is 6.54 Å². The van der Waals surface area contributed by atoms with Crippen LogP contribution in [0.2, 0.25) is 0 Å². The van der Waals surface area contributed by atoms with Crippen LogP contribution in [0.5, 0.6) is 0 Å². The Bertz CT molecular complexity index is 347. The van der Waals surface area contributed by atoms with Gasteiger partial charge in [0.25, 0.3) is 0 Å². The first-order valence-corrected chi connectivity index (χ1v) is 7.09. The first-order valence-electron chi connectivity index (χ1n) is 5.87. The molecule has 17 heavy (non-hydrogen) atoms. The summed E-state index contributed by atoms with van der Waals surface area (Å²) in [4.78, 5) is 14.8. The molecule has 0 fully saturated rings. The third-order valence-corrected chi connectivity index (χ3v) is 3.39. The summed E-state index contributed by atoms with van der Waals surface area (Å²) in [5.41, 5.74) is 0.989. The van der Waals surface area contributed by atoms with Gasteiger partial charge in [-0.15, -0.1) is 11.8 Å². The molecule has 0 aliphatic rings. The van der Waals surface area contributed by atoms with Crippen LogP contribution in [0, 0.1) is 0 Å². The number of carbonyl (C=O) groups excluding carboxylic acids is 1. The molecule has 1 N–H and O–H groups in total. The maximum absolute atomic E-state index is 11.8. The summed E-state index contributed by atoms with van der Waals surface area (Å²) in [5, 5.41) is 3.14. The second-order valence-electron chi connectivity index (χ2n) is 3.65. The molecular weight excluding hydrogens is 232 g/mol. The number of nitrogens with zero attached hydrogens (tertiary/aromatic N) is 1. The summed E-state index contributed by atoms with van der Waals surface area (Å²) in [6.45, 7) is 5.88. The Labute approximate surface area is 108 Å². The van der Waals surface area contributed by atoms with Crippen LogP contribution >= 0.6 is 11.8 Å². The summed E-state index contributed by atoms with van der Waals surface area (Å²) < 4.78 is 0. The zero-order chi connectivity index (χ0) is 12.7. The Hall–Kier alpha value is -1.16. The molecule has 0 aliphatic carbocycles. The van der Waals surface area contributed by atoms with E-state index in [2.05, 4.69) is 17.4 Å². The molecule has 0 aliphatic heterocycles. The first kappa shape index (κ1) is 13.9. The van der Waals surface area contributed by atoms with Crippen LogP contribution in [0.4, 0.5) is 5.69 Å². The first-order chi connectivity index (χ1) is 8.21. The number of hydrogen-bond acceptors (Lipinski definition) is 3. The van der Waals surface area contributed by atoms with Gasteiger partial charge in [0.2, 0.25) is 5.91 Å². The van der Waals surface area contributed by atoms with Crippen LogP contribution in [-0.2, 0) is 4.79 Å². The molecule has 94 valence electrons. The van der Waals surface area contributed by atoms with Gasteiger partial charge in [-0.3, -0.25) is 4.79 Å². The lowest BCUT2D eigenvalue weighted by atomic mass is 10.3. The predicted molar refractivity (Wildman–Crippen MR) is 74.6 cm³/mol. The number of anilines is 1. The van der Waals surface area contributed by atoms with Crippen molar-refractivity contribution in [3.63, 3.8) is 0 Å². The summed E-state index contributed by atoms with van der Waals surface area (Å²) in [6, 6.07) is 8.10. The van der Waals surface area contributed by atoms with Crippen molar-refractivity contribution in [2.24, 2.45) is 0 Å². The molecule has 0 radical (unpaired) electrons. The highest BCUT2D eigenvalue weighted by atomic mass is 32.2. The van der Waals surface area contributed by atoms with Crippen LogP contribution in [0.1, 0.15) is 13.8 Å². The van der Waals surface area contributed by atoms with E-state index in [0.717, 1.165) is 18.8 Å². The van der Waals surface area contributed by atoms with Gasteiger partial charge in [-0.2, -0.15) is 0 Å². The quantitative estimate of drug-likeness (QED) is 0.790. The van der Waals surface area contributed by atoms with Crippen molar-refractivity contribution >= 4 is 23.4 Å². The van der Waals surface area contributed by atoms with Crippen molar-refractivity contribution in [1.82, 2.24) is 4.90 Å². The fourth-order valence-electron chi connectivity index (χ4n) is 1.57. The fraction of sp³-hybridized carbons (Fsp3) is 0.462. The molecule has 0 spiro atoms. The monoisotopic (exact) mass is 252 g/mol. The van der Waals surface area contributed by atoms with Gasteiger partial charge >= 0.3 is 0 Å². The Balaban J connectivity index is 2.46. The fourth-order valence-corrected chi connectivity index (χ4v) is 1.98. The van der Waals surface area contributed by atoms with Crippen LogP contribution in [0.3, 0.4) is 0 Å². The minimum atomic E-state index is 0.143. The van der Waals surface area contributed by atoms with Crippen molar-refractivity contribution in [1.29, 1.82) is 0 Å². The standard InChI is InChI=1S/C13H20N2OS/c1-4-15(5-2)13(16)10-14-11-6-8-12(17-3)9-7-11/h6-9,14H,4-5,10H2,1-3H3. The zero-order valence-electron chi connectivity index (χ0n) is 10.7. The van der Waals surface area contributed by atoms with E-state index in [4.69, 9.17) is 0 Å². The predicted octanol–water partition coefficient (Wildman–Crippen LogP) is 2.69. The SMILES string of the molecule is CCN(CC)C(=O)CNc1ccc(SC)cc1. The molecule has 0 bridgehead atoms. The molecule has 0 heterocycles. The topological polar surface area (TPSA) is 32.3 Å². The van der Waals surface area contributed by atoms with Gasteiger partial charge in [0.1, 0.15) is 0 Å². The highest BCUT2D eigenvalue weighted by molar-refractivity contribution is 7.98. The second kappa shape index (κ2) is 7.22. The van der Waals surface area contributed by atoms with E-state index < -0.39 is 0 Å². The Morgan fingerprint density at radius 1 is 1.24 bits per heavy atom. The molecule has 1 aromatic carbocycles. The summed E-state index contributed by atoms with van der Waals surface area (Å²) in [5.74, 6) is 0.143. The minimum absolute atomic E-state index is 0.143. The van der Waals surface area contributed by atoms with Gasteiger partial charge in [-0.25, -0.2) is 0 Å². The van der Waals surface area contributed by atoms with Crippen molar-refractivity contribution in [3.8, 4) is 0 Å². The summed E-state index contributed by atoms with van der Waals surface area (Å²) in [6.07, 6.45) is 2.05. The number of amides is 1. The largest absolute Gasteiger partial charge is 0.376 e. The van der Waals surface area contributed by atoms with Crippen molar-refractivity contribution in [2.75, 3.05) is 31.2 Å². The number of benzene rings is 1. The van der Waals surface area contributed by atoms with Crippen LogP contribution in [-0.4, -0.2) is 36.7 Å². The number of rotatable bonds is 6. The van der Waals surface area contributed by atoms with Gasteiger partial charge in [-0.05, 0) is 44.4 Å². The molecule has 0 unspecified atom stereocenters. The summed E-state index contributed by atoms with van der Waals surface area (Å²) >= 11 is 1.71. The average molecular weight is 252 g/mol. The van der Waals surface area contributed by atoms with Crippen LogP contribution in [0.25, 0.3) is 0 Å². The van der Waals surface area contributed by atoms with Crippen molar-refractivity contribution in [3.05, 3.63) is 24.3 Å². The molecule has 4 heteroatoms.